The monoisotopic (exact) mass is 226 g/mol. The van der Waals surface area contributed by atoms with Crippen molar-refractivity contribution < 1.29 is 18.4 Å². The Balaban J connectivity index is 2.55. The molecule has 2 N–H and O–H groups in total. The molecular formula is C10H8F2N2O2. The van der Waals surface area contributed by atoms with Crippen molar-refractivity contribution >= 4 is 11.9 Å². The Morgan fingerprint density at radius 3 is 2.50 bits per heavy atom. The van der Waals surface area contributed by atoms with Crippen LogP contribution in [0.25, 0.3) is 0 Å². The highest BCUT2D eigenvalue weighted by molar-refractivity contribution is 6.07. The van der Waals surface area contributed by atoms with E-state index in [0.29, 0.717) is 0 Å². The van der Waals surface area contributed by atoms with E-state index in [1.165, 1.54) is 6.92 Å². The van der Waals surface area contributed by atoms with Gasteiger partial charge < -0.3 is 5.32 Å². The number of carbonyl (C=O) groups excluding carboxylic acids is 2. The second-order valence-electron chi connectivity index (χ2n) is 3.66. The smallest absolute Gasteiger partial charge is 0.319 e. The molecule has 0 spiro atoms. The van der Waals surface area contributed by atoms with Gasteiger partial charge in [-0.25, -0.2) is 13.6 Å². The largest absolute Gasteiger partial charge is 0.322 e. The summed E-state index contributed by atoms with van der Waals surface area (Å²) in [6.45, 7) is 1.31. The van der Waals surface area contributed by atoms with Crippen LogP contribution in [0.2, 0.25) is 0 Å². The molecule has 1 aromatic carbocycles. The number of nitrogens with one attached hydrogen (secondary N) is 2. The second kappa shape index (κ2) is 3.26. The van der Waals surface area contributed by atoms with Gasteiger partial charge >= 0.3 is 6.03 Å². The highest BCUT2D eigenvalue weighted by Crippen LogP contribution is 2.27. The third kappa shape index (κ3) is 1.42. The van der Waals surface area contributed by atoms with Crippen molar-refractivity contribution in [2.75, 3.05) is 0 Å². The van der Waals surface area contributed by atoms with Crippen LogP contribution in [-0.2, 0) is 10.3 Å². The van der Waals surface area contributed by atoms with Gasteiger partial charge in [0, 0.05) is 5.56 Å². The van der Waals surface area contributed by atoms with Crippen LogP contribution in [0.4, 0.5) is 13.6 Å². The first kappa shape index (κ1) is 10.5. The van der Waals surface area contributed by atoms with Gasteiger partial charge in [0.15, 0.2) is 0 Å². The number of hydrogen-bond acceptors (Lipinski definition) is 2. The van der Waals surface area contributed by atoms with E-state index in [1.54, 1.807) is 0 Å². The maximum Gasteiger partial charge on any atom is 0.322 e. The van der Waals surface area contributed by atoms with Gasteiger partial charge in [0.25, 0.3) is 5.91 Å². The van der Waals surface area contributed by atoms with E-state index in [9.17, 15) is 18.4 Å². The number of amides is 3. The molecule has 3 amide bonds. The molecule has 1 fully saturated rings. The van der Waals surface area contributed by atoms with Crippen molar-refractivity contribution in [3.63, 3.8) is 0 Å². The lowest BCUT2D eigenvalue weighted by molar-refractivity contribution is -0.123. The lowest BCUT2D eigenvalue weighted by Gasteiger charge is -2.21. The van der Waals surface area contributed by atoms with Crippen molar-refractivity contribution in [3.05, 3.63) is 35.4 Å². The second-order valence-corrected chi connectivity index (χ2v) is 3.66. The average Bonchev–Trinajstić information content (AvgIpc) is 2.46. The fraction of sp³-hybridized carbons (Fsp3) is 0.200. The summed E-state index contributed by atoms with van der Waals surface area (Å²) in [4.78, 5) is 22.5. The first-order valence-corrected chi connectivity index (χ1v) is 4.52. The molecule has 1 saturated heterocycles. The van der Waals surface area contributed by atoms with Crippen LogP contribution < -0.4 is 10.6 Å². The summed E-state index contributed by atoms with van der Waals surface area (Å²) in [5.74, 6) is -2.13. The lowest BCUT2D eigenvalue weighted by Crippen LogP contribution is -2.41. The maximum absolute atomic E-state index is 13.5. The van der Waals surface area contributed by atoms with Gasteiger partial charge in [-0.3, -0.25) is 10.1 Å². The minimum absolute atomic E-state index is 0.198. The zero-order valence-corrected chi connectivity index (χ0v) is 8.30. The molecule has 0 aliphatic carbocycles. The van der Waals surface area contributed by atoms with Crippen LogP contribution in [0, 0.1) is 11.6 Å². The summed E-state index contributed by atoms with van der Waals surface area (Å²) in [6.07, 6.45) is 0. The third-order valence-corrected chi connectivity index (χ3v) is 2.51. The predicted octanol–water partition coefficient (Wildman–Crippen LogP) is 1.02. The number of urea groups is 1. The van der Waals surface area contributed by atoms with E-state index >= 15 is 0 Å². The Bertz CT molecular complexity index is 490. The van der Waals surface area contributed by atoms with Gasteiger partial charge in [-0.2, -0.15) is 0 Å². The van der Waals surface area contributed by atoms with Crippen LogP contribution in [0.5, 0.6) is 0 Å². The first-order valence-electron chi connectivity index (χ1n) is 4.52. The maximum atomic E-state index is 13.5. The molecule has 6 heteroatoms. The Labute approximate surface area is 89.6 Å². The topological polar surface area (TPSA) is 58.2 Å². The summed E-state index contributed by atoms with van der Waals surface area (Å²) in [7, 11) is 0. The molecule has 16 heavy (non-hydrogen) atoms. The minimum atomic E-state index is -1.57. The molecule has 0 unspecified atom stereocenters. The van der Waals surface area contributed by atoms with E-state index in [4.69, 9.17) is 0 Å². The van der Waals surface area contributed by atoms with Crippen LogP contribution in [0.3, 0.4) is 0 Å². The van der Waals surface area contributed by atoms with Gasteiger partial charge in [-0.05, 0) is 25.1 Å². The van der Waals surface area contributed by atoms with E-state index < -0.39 is 29.1 Å². The van der Waals surface area contributed by atoms with E-state index in [0.717, 1.165) is 18.2 Å². The lowest BCUT2D eigenvalue weighted by atomic mass is 9.92. The fourth-order valence-corrected chi connectivity index (χ4v) is 1.61. The van der Waals surface area contributed by atoms with Crippen molar-refractivity contribution in [2.45, 2.75) is 12.5 Å². The molecule has 1 heterocycles. The molecule has 1 aliphatic rings. The van der Waals surface area contributed by atoms with Gasteiger partial charge in [0.1, 0.15) is 17.2 Å². The summed E-state index contributed by atoms with van der Waals surface area (Å²) in [6, 6.07) is 2.02. The summed E-state index contributed by atoms with van der Waals surface area (Å²) in [5, 5.41) is 4.23. The van der Waals surface area contributed by atoms with E-state index in [2.05, 4.69) is 5.32 Å². The standard InChI is InChI=1S/C10H8F2N2O2/c1-10(8(15)13-9(16)14-10)6-4-5(11)2-3-7(6)12/h2-4H,1H3,(H2,13,14,15,16)/t10-/m0/s1. The zero-order valence-electron chi connectivity index (χ0n) is 8.30. The normalized spacial score (nSPS) is 24.2. The van der Waals surface area contributed by atoms with E-state index in [1.807, 2.05) is 5.32 Å². The number of rotatable bonds is 1. The van der Waals surface area contributed by atoms with Gasteiger partial charge in [0.2, 0.25) is 0 Å². The third-order valence-electron chi connectivity index (χ3n) is 2.51. The first-order chi connectivity index (χ1) is 7.43. The Hall–Kier alpha value is -1.98. The van der Waals surface area contributed by atoms with Crippen LogP contribution in [-0.4, -0.2) is 11.9 Å². The van der Waals surface area contributed by atoms with Crippen molar-refractivity contribution in [1.29, 1.82) is 0 Å². The molecule has 0 radical (unpaired) electrons. The van der Waals surface area contributed by atoms with Gasteiger partial charge in [-0.15, -0.1) is 0 Å². The van der Waals surface area contributed by atoms with Crippen molar-refractivity contribution in [1.82, 2.24) is 10.6 Å². The molecule has 1 aliphatic heterocycles. The molecule has 1 atom stereocenters. The molecule has 0 saturated carbocycles. The van der Waals surface area contributed by atoms with Crippen LogP contribution >= 0.6 is 0 Å². The number of halogens is 2. The number of imide groups is 1. The number of benzene rings is 1. The quantitative estimate of drug-likeness (QED) is 0.702. The molecule has 0 aromatic heterocycles. The SMILES string of the molecule is C[C@@]1(c2cc(F)ccc2F)NC(=O)NC1=O. The number of hydrogen-bond donors (Lipinski definition) is 2. The zero-order chi connectivity index (χ0) is 11.9. The van der Waals surface area contributed by atoms with Gasteiger partial charge in [0.05, 0.1) is 0 Å². The molecular weight excluding hydrogens is 218 g/mol. The molecule has 0 bridgehead atoms. The van der Waals surface area contributed by atoms with Crippen LogP contribution in [0.15, 0.2) is 18.2 Å². The van der Waals surface area contributed by atoms with Crippen LogP contribution in [0.1, 0.15) is 12.5 Å². The highest BCUT2D eigenvalue weighted by Gasteiger charge is 2.45. The summed E-state index contributed by atoms with van der Waals surface area (Å²) in [5.41, 5.74) is -1.76. The molecule has 1 aromatic rings. The Kier molecular flexibility index (Phi) is 2.15. The van der Waals surface area contributed by atoms with Crippen molar-refractivity contribution in [2.24, 2.45) is 0 Å². The summed E-state index contributed by atoms with van der Waals surface area (Å²) < 4.78 is 26.5. The van der Waals surface area contributed by atoms with Crippen molar-refractivity contribution in [3.8, 4) is 0 Å². The number of carbonyl (C=O) groups is 2. The minimum Gasteiger partial charge on any atom is -0.319 e. The Morgan fingerprint density at radius 2 is 1.94 bits per heavy atom. The molecule has 2 rings (SSSR count). The highest BCUT2D eigenvalue weighted by atomic mass is 19.1. The fourth-order valence-electron chi connectivity index (χ4n) is 1.61. The molecule has 4 nitrogen and oxygen atoms in total. The average molecular weight is 226 g/mol. The summed E-state index contributed by atoms with van der Waals surface area (Å²) >= 11 is 0. The van der Waals surface area contributed by atoms with E-state index in [-0.39, 0.29) is 5.56 Å². The Morgan fingerprint density at radius 1 is 1.25 bits per heavy atom. The van der Waals surface area contributed by atoms with Gasteiger partial charge in [-0.1, -0.05) is 0 Å². The molecule has 84 valence electrons. The predicted molar refractivity (Wildman–Crippen MR) is 50.4 cm³/mol.